The Kier molecular flexibility index (Phi) is 4.76. The third kappa shape index (κ3) is 4.54. The van der Waals surface area contributed by atoms with Crippen molar-refractivity contribution in [3.63, 3.8) is 0 Å². The minimum atomic E-state index is -0.114. The van der Waals surface area contributed by atoms with Gasteiger partial charge in [-0.1, -0.05) is 29.4 Å². The number of halogens is 1. The quantitative estimate of drug-likeness (QED) is 0.695. The van der Waals surface area contributed by atoms with E-state index in [-0.39, 0.29) is 11.7 Å². The summed E-state index contributed by atoms with van der Waals surface area (Å²) in [4.78, 5) is 20.1. The summed E-state index contributed by atoms with van der Waals surface area (Å²) in [5, 5.41) is 3.96. The largest absolute Gasteiger partial charge is 0.325 e. The van der Waals surface area contributed by atoms with Crippen molar-refractivity contribution in [2.24, 2.45) is 0 Å². The summed E-state index contributed by atoms with van der Waals surface area (Å²) < 4.78 is 0. The van der Waals surface area contributed by atoms with Crippen molar-refractivity contribution in [2.75, 3.05) is 11.1 Å². The fourth-order valence-electron chi connectivity index (χ4n) is 1.39. The van der Waals surface area contributed by atoms with Crippen LogP contribution in [0.25, 0.3) is 0 Å². The summed E-state index contributed by atoms with van der Waals surface area (Å²) in [7, 11) is 0. The molecule has 1 aromatic heterocycles. The van der Waals surface area contributed by atoms with Crippen molar-refractivity contribution in [2.45, 2.75) is 12.1 Å². The summed E-state index contributed by atoms with van der Waals surface area (Å²) in [6, 6.07) is 8.85. The second kappa shape index (κ2) is 6.54. The van der Waals surface area contributed by atoms with Crippen molar-refractivity contribution < 1.29 is 4.79 Å². The highest BCUT2D eigenvalue weighted by Gasteiger charge is 2.05. The number of hydrogen-bond acceptors (Lipinski definition) is 4. The van der Waals surface area contributed by atoms with Gasteiger partial charge in [-0.05, 0) is 31.2 Å². The monoisotopic (exact) mass is 293 g/mol. The molecule has 0 saturated carbocycles. The fraction of sp³-hybridized carbons (Fsp3) is 0.154. The Morgan fingerprint density at radius 1 is 1.42 bits per heavy atom. The van der Waals surface area contributed by atoms with Gasteiger partial charge in [0.05, 0.1) is 5.75 Å². The highest BCUT2D eigenvalue weighted by atomic mass is 35.5. The molecule has 0 spiro atoms. The van der Waals surface area contributed by atoms with Gasteiger partial charge >= 0.3 is 0 Å². The second-order valence-electron chi connectivity index (χ2n) is 3.83. The van der Waals surface area contributed by atoms with E-state index < -0.39 is 0 Å². The number of benzene rings is 1. The number of nitrogens with one attached hydrogen (secondary N) is 1. The first kappa shape index (κ1) is 13.8. The van der Waals surface area contributed by atoms with E-state index in [2.05, 4.69) is 15.3 Å². The number of rotatable bonds is 4. The molecule has 0 aliphatic rings. The number of amides is 1. The van der Waals surface area contributed by atoms with E-state index in [0.29, 0.717) is 15.9 Å². The molecule has 2 aromatic rings. The zero-order chi connectivity index (χ0) is 13.7. The minimum absolute atomic E-state index is 0.114. The van der Waals surface area contributed by atoms with Crippen molar-refractivity contribution in [3.05, 3.63) is 47.2 Å². The Balaban J connectivity index is 1.88. The van der Waals surface area contributed by atoms with Crippen LogP contribution in [0.15, 0.2) is 41.7 Å². The summed E-state index contributed by atoms with van der Waals surface area (Å²) in [6.45, 7) is 1.89. The van der Waals surface area contributed by atoms with Crippen LogP contribution in [-0.2, 0) is 4.79 Å². The van der Waals surface area contributed by atoms with Crippen molar-refractivity contribution in [1.82, 2.24) is 9.97 Å². The van der Waals surface area contributed by atoms with Gasteiger partial charge in [0.15, 0.2) is 5.16 Å². The zero-order valence-corrected chi connectivity index (χ0v) is 11.8. The van der Waals surface area contributed by atoms with Crippen LogP contribution >= 0.6 is 23.4 Å². The molecule has 2 rings (SSSR count). The molecule has 0 fully saturated rings. The standard InChI is InChI=1S/C13H12ClN3OS/c1-9-5-6-15-13(16-9)19-8-12(18)17-11-4-2-3-10(14)7-11/h2-7H,8H2,1H3,(H,17,18). The summed E-state index contributed by atoms with van der Waals surface area (Å²) >= 11 is 7.14. The van der Waals surface area contributed by atoms with Crippen LogP contribution in [0, 0.1) is 6.92 Å². The first-order valence-electron chi connectivity index (χ1n) is 5.61. The molecule has 0 saturated heterocycles. The number of aromatic nitrogens is 2. The molecule has 0 aliphatic heterocycles. The Morgan fingerprint density at radius 2 is 2.26 bits per heavy atom. The van der Waals surface area contributed by atoms with Crippen LogP contribution in [0.2, 0.25) is 5.02 Å². The van der Waals surface area contributed by atoms with Crippen LogP contribution in [0.1, 0.15) is 5.69 Å². The number of nitrogens with zero attached hydrogens (tertiary/aromatic N) is 2. The summed E-state index contributed by atoms with van der Waals surface area (Å²) in [5.74, 6) is 0.146. The van der Waals surface area contributed by atoms with Gasteiger partial charge in [-0.25, -0.2) is 9.97 Å². The van der Waals surface area contributed by atoms with E-state index in [4.69, 9.17) is 11.6 Å². The number of aryl methyl sites for hydroxylation is 1. The molecule has 4 nitrogen and oxygen atoms in total. The number of carbonyl (C=O) groups is 1. The zero-order valence-electron chi connectivity index (χ0n) is 10.3. The maximum absolute atomic E-state index is 11.8. The normalized spacial score (nSPS) is 10.2. The number of anilines is 1. The van der Waals surface area contributed by atoms with E-state index in [0.717, 1.165) is 5.69 Å². The lowest BCUT2D eigenvalue weighted by atomic mass is 10.3. The lowest BCUT2D eigenvalue weighted by Gasteiger charge is -2.05. The van der Waals surface area contributed by atoms with E-state index in [1.54, 1.807) is 30.5 Å². The van der Waals surface area contributed by atoms with Crippen LogP contribution in [0.4, 0.5) is 5.69 Å². The smallest absolute Gasteiger partial charge is 0.234 e. The number of carbonyl (C=O) groups excluding carboxylic acids is 1. The van der Waals surface area contributed by atoms with Gasteiger partial charge in [-0.2, -0.15) is 0 Å². The van der Waals surface area contributed by atoms with Gasteiger partial charge in [0, 0.05) is 22.6 Å². The number of hydrogen-bond donors (Lipinski definition) is 1. The van der Waals surface area contributed by atoms with E-state index in [1.165, 1.54) is 11.8 Å². The Morgan fingerprint density at radius 3 is 3.00 bits per heavy atom. The predicted molar refractivity (Wildman–Crippen MR) is 77.6 cm³/mol. The Bertz CT molecular complexity index is 592. The minimum Gasteiger partial charge on any atom is -0.325 e. The maximum atomic E-state index is 11.8. The highest BCUT2D eigenvalue weighted by Crippen LogP contribution is 2.16. The average Bonchev–Trinajstić information content (AvgIpc) is 2.36. The molecule has 0 aliphatic carbocycles. The molecule has 98 valence electrons. The van der Waals surface area contributed by atoms with E-state index in [9.17, 15) is 4.79 Å². The molecule has 0 unspecified atom stereocenters. The molecule has 19 heavy (non-hydrogen) atoms. The molecule has 6 heteroatoms. The first-order valence-corrected chi connectivity index (χ1v) is 6.98. The SMILES string of the molecule is Cc1ccnc(SCC(=O)Nc2cccc(Cl)c2)n1. The summed E-state index contributed by atoms with van der Waals surface area (Å²) in [6.07, 6.45) is 1.68. The van der Waals surface area contributed by atoms with Gasteiger partial charge in [-0.3, -0.25) is 4.79 Å². The third-order valence-corrected chi connectivity index (χ3v) is 3.31. The third-order valence-electron chi connectivity index (χ3n) is 2.21. The van der Waals surface area contributed by atoms with Crippen molar-refractivity contribution >= 4 is 35.0 Å². The molecule has 1 heterocycles. The van der Waals surface area contributed by atoms with Gasteiger partial charge in [0.2, 0.25) is 5.91 Å². The second-order valence-corrected chi connectivity index (χ2v) is 5.21. The Labute approximate surface area is 120 Å². The highest BCUT2D eigenvalue weighted by molar-refractivity contribution is 7.99. The topological polar surface area (TPSA) is 54.9 Å². The lowest BCUT2D eigenvalue weighted by molar-refractivity contribution is -0.113. The molecule has 0 atom stereocenters. The molecular formula is C13H12ClN3OS. The molecule has 1 aromatic carbocycles. The van der Waals surface area contributed by atoms with Gasteiger partial charge in [0.1, 0.15) is 0 Å². The molecule has 1 amide bonds. The van der Waals surface area contributed by atoms with Crippen LogP contribution in [0.5, 0.6) is 0 Å². The Hall–Kier alpha value is -1.59. The van der Waals surface area contributed by atoms with Crippen molar-refractivity contribution in [3.8, 4) is 0 Å². The molecule has 0 bridgehead atoms. The van der Waals surface area contributed by atoms with E-state index in [1.807, 2.05) is 13.0 Å². The first-order chi connectivity index (χ1) is 9.13. The molecular weight excluding hydrogens is 282 g/mol. The molecule has 0 radical (unpaired) electrons. The van der Waals surface area contributed by atoms with Crippen LogP contribution in [0.3, 0.4) is 0 Å². The summed E-state index contributed by atoms with van der Waals surface area (Å²) in [5.41, 5.74) is 1.57. The van der Waals surface area contributed by atoms with Crippen LogP contribution < -0.4 is 5.32 Å². The predicted octanol–water partition coefficient (Wildman–Crippen LogP) is 3.17. The number of thioether (sulfide) groups is 1. The molecule has 1 N–H and O–H groups in total. The van der Waals surface area contributed by atoms with E-state index >= 15 is 0 Å². The van der Waals surface area contributed by atoms with Gasteiger partial charge in [-0.15, -0.1) is 0 Å². The van der Waals surface area contributed by atoms with Gasteiger partial charge < -0.3 is 5.32 Å². The van der Waals surface area contributed by atoms with Crippen molar-refractivity contribution in [1.29, 1.82) is 0 Å². The van der Waals surface area contributed by atoms with Crippen LogP contribution in [-0.4, -0.2) is 21.6 Å². The average molecular weight is 294 g/mol. The maximum Gasteiger partial charge on any atom is 0.234 e. The van der Waals surface area contributed by atoms with Gasteiger partial charge in [0.25, 0.3) is 0 Å². The lowest BCUT2D eigenvalue weighted by Crippen LogP contribution is -2.14. The fourth-order valence-corrected chi connectivity index (χ4v) is 2.26.